The first kappa shape index (κ1) is 18.3. The largest absolute Gasteiger partial charge is 0.363 e. The number of para-hydroxylation sites is 1. The predicted molar refractivity (Wildman–Crippen MR) is 109 cm³/mol. The molecule has 28 heavy (non-hydrogen) atoms. The molecule has 1 fully saturated rings. The third-order valence-corrected chi connectivity index (χ3v) is 5.37. The standard InChI is InChI=1S/C21H24N6O/c1-13-14(2)25-20(19(22)28)26-21(13)27-10-8-17(12-27)24-11-16-6-3-5-15-7-4-9-23-18(15)16/h3-7,9,17,24H,8,10-12H2,1-2H3,(H2,22,28)/t17-/m1/s1. The Balaban J connectivity index is 1.47. The molecule has 2 aromatic heterocycles. The van der Waals surface area contributed by atoms with Crippen LogP contribution in [-0.4, -0.2) is 40.0 Å². The zero-order valence-corrected chi connectivity index (χ0v) is 16.1. The molecule has 3 heterocycles. The molecule has 7 nitrogen and oxygen atoms in total. The molecule has 3 N–H and O–H groups in total. The van der Waals surface area contributed by atoms with E-state index in [-0.39, 0.29) is 5.82 Å². The summed E-state index contributed by atoms with van der Waals surface area (Å²) in [4.78, 5) is 26.9. The number of nitrogens with one attached hydrogen (secondary N) is 1. The highest BCUT2D eigenvalue weighted by Gasteiger charge is 2.26. The van der Waals surface area contributed by atoms with Gasteiger partial charge in [0, 0.05) is 48.5 Å². The SMILES string of the molecule is Cc1nc(C(N)=O)nc(N2CC[C@@H](NCc3cccc4cccnc34)C2)c1C. The van der Waals surface area contributed by atoms with Gasteiger partial charge >= 0.3 is 0 Å². The average molecular weight is 376 g/mol. The Morgan fingerprint density at radius 1 is 1.25 bits per heavy atom. The highest BCUT2D eigenvalue weighted by atomic mass is 16.1. The number of rotatable bonds is 5. The van der Waals surface area contributed by atoms with Gasteiger partial charge < -0.3 is 16.0 Å². The lowest BCUT2D eigenvalue weighted by Crippen LogP contribution is -2.33. The van der Waals surface area contributed by atoms with Gasteiger partial charge in [0.05, 0.1) is 5.52 Å². The highest BCUT2D eigenvalue weighted by molar-refractivity contribution is 5.89. The molecule has 144 valence electrons. The number of primary amides is 1. The Kier molecular flexibility index (Phi) is 4.92. The number of nitrogens with two attached hydrogens (primary N) is 1. The van der Waals surface area contributed by atoms with Crippen LogP contribution < -0.4 is 16.0 Å². The van der Waals surface area contributed by atoms with Gasteiger partial charge in [-0.15, -0.1) is 0 Å². The van der Waals surface area contributed by atoms with E-state index >= 15 is 0 Å². The molecule has 0 bridgehead atoms. The van der Waals surface area contributed by atoms with Crippen molar-refractivity contribution in [2.24, 2.45) is 5.73 Å². The molecule has 0 aliphatic carbocycles. The van der Waals surface area contributed by atoms with Crippen molar-refractivity contribution in [2.45, 2.75) is 32.9 Å². The summed E-state index contributed by atoms with van der Waals surface area (Å²) in [7, 11) is 0. The summed E-state index contributed by atoms with van der Waals surface area (Å²) in [6.07, 6.45) is 2.84. The lowest BCUT2D eigenvalue weighted by atomic mass is 10.1. The topological polar surface area (TPSA) is 97.0 Å². The molecule has 0 spiro atoms. The van der Waals surface area contributed by atoms with Crippen LogP contribution in [0.4, 0.5) is 5.82 Å². The average Bonchev–Trinajstić information content (AvgIpc) is 3.17. The molecule has 1 saturated heterocycles. The van der Waals surface area contributed by atoms with Crippen molar-refractivity contribution in [3.8, 4) is 0 Å². The van der Waals surface area contributed by atoms with Gasteiger partial charge in [-0.05, 0) is 31.9 Å². The van der Waals surface area contributed by atoms with Crippen molar-refractivity contribution in [2.75, 3.05) is 18.0 Å². The molecule has 0 saturated carbocycles. The number of hydrogen-bond donors (Lipinski definition) is 2. The number of pyridine rings is 1. The Bertz CT molecular complexity index is 1030. The number of carbonyl (C=O) groups is 1. The maximum absolute atomic E-state index is 11.5. The summed E-state index contributed by atoms with van der Waals surface area (Å²) in [5, 5.41) is 4.80. The number of aromatic nitrogens is 3. The number of anilines is 1. The van der Waals surface area contributed by atoms with Crippen molar-refractivity contribution in [3.63, 3.8) is 0 Å². The van der Waals surface area contributed by atoms with Crippen molar-refractivity contribution in [1.82, 2.24) is 20.3 Å². The van der Waals surface area contributed by atoms with Crippen molar-refractivity contribution in [1.29, 1.82) is 0 Å². The highest BCUT2D eigenvalue weighted by Crippen LogP contribution is 2.24. The van der Waals surface area contributed by atoms with Gasteiger partial charge in [0.25, 0.3) is 5.91 Å². The van der Waals surface area contributed by atoms with Crippen LogP contribution in [0.2, 0.25) is 0 Å². The number of aryl methyl sites for hydroxylation is 1. The number of benzene rings is 1. The quantitative estimate of drug-likeness (QED) is 0.708. The molecular weight excluding hydrogens is 352 g/mol. The van der Waals surface area contributed by atoms with Crippen molar-refractivity contribution >= 4 is 22.6 Å². The van der Waals surface area contributed by atoms with Crippen LogP contribution in [0.5, 0.6) is 0 Å². The van der Waals surface area contributed by atoms with Crippen molar-refractivity contribution < 1.29 is 4.79 Å². The zero-order chi connectivity index (χ0) is 19.7. The summed E-state index contributed by atoms with van der Waals surface area (Å²) >= 11 is 0. The van der Waals surface area contributed by atoms with Gasteiger partial charge in [-0.1, -0.05) is 24.3 Å². The lowest BCUT2D eigenvalue weighted by molar-refractivity contribution is 0.0990. The van der Waals surface area contributed by atoms with E-state index in [2.05, 4.69) is 49.4 Å². The van der Waals surface area contributed by atoms with Crippen LogP contribution >= 0.6 is 0 Å². The monoisotopic (exact) mass is 376 g/mol. The summed E-state index contributed by atoms with van der Waals surface area (Å²) in [5.74, 6) is 0.287. The Hall–Kier alpha value is -3.06. The number of nitrogens with zero attached hydrogens (tertiary/aromatic N) is 4. The zero-order valence-electron chi connectivity index (χ0n) is 16.1. The van der Waals surface area contributed by atoms with E-state index in [0.29, 0.717) is 6.04 Å². The second-order valence-electron chi connectivity index (χ2n) is 7.25. The fourth-order valence-electron chi connectivity index (χ4n) is 3.72. The second-order valence-corrected chi connectivity index (χ2v) is 7.25. The first-order chi connectivity index (χ1) is 13.5. The molecule has 1 aliphatic rings. The number of fused-ring (bicyclic) bond motifs is 1. The molecule has 1 aliphatic heterocycles. The lowest BCUT2D eigenvalue weighted by Gasteiger charge is -2.21. The van der Waals surface area contributed by atoms with Gasteiger partial charge in [-0.2, -0.15) is 0 Å². The molecule has 0 unspecified atom stereocenters. The van der Waals surface area contributed by atoms with Gasteiger partial charge in [-0.3, -0.25) is 9.78 Å². The van der Waals surface area contributed by atoms with Crippen LogP contribution in [-0.2, 0) is 6.54 Å². The third-order valence-electron chi connectivity index (χ3n) is 5.37. The predicted octanol–water partition coefficient (Wildman–Crippen LogP) is 2.11. The van der Waals surface area contributed by atoms with E-state index in [0.717, 1.165) is 54.0 Å². The number of hydrogen-bond acceptors (Lipinski definition) is 6. The number of carbonyl (C=O) groups excluding carboxylic acids is 1. The fraction of sp³-hybridized carbons (Fsp3) is 0.333. The van der Waals surface area contributed by atoms with Crippen LogP contribution in [0, 0.1) is 13.8 Å². The molecule has 3 aromatic rings. The summed E-state index contributed by atoms with van der Waals surface area (Å²) < 4.78 is 0. The maximum atomic E-state index is 11.5. The molecule has 4 rings (SSSR count). The van der Waals surface area contributed by atoms with E-state index < -0.39 is 5.91 Å². The van der Waals surface area contributed by atoms with E-state index in [4.69, 9.17) is 5.73 Å². The van der Waals surface area contributed by atoms with E-state index in [1.807, 2.05) is 26.1 Å². The van der Waals surface area contributed by atoms with E-state index in [1.165, 1.54) is 5.56 Å². The molecule has 7 heteroatoms. The summed E-state index contributed by atoms with van der Waals surface area (Å²) in [6.45, 7) is 6.33. The molecule has 1 amide bonds. The third kappa shape index (κ3) is 3.53. The summed E-state index contributed by atoms with van der Waals surface area (Å²) in [5.41, 5.74) is 9.40. The van der Waals surface area contributed by atoms with Crippen LogP contribution in [0.1, 0.15) is 33.9 Å². The minimum absolute atomic E-state index is 0.0799. The van der Waals surface area contributed by atoms with Gasteiger partial charge in [0.2, 0.25) is 5.82 Å². The summed E-state index contributed by atoms with van der Waals surface area (Å²) in [6, 6.07) is 10.7. The first-order valence-electron chi connectivity index (χ1n) is 9.49. The normalized spacial score (nSPS) is 16.6. The minimum atomic E-state index is -0.596. The minimum Gasteiger partial charge on any atom is -0.363 e. The van der Waals surface area contributed by atoms with E-state index in [1.54, 1.807) is 0 Å². The van der Waals surface area contributed by atoms with Gasteiger partial charge in [-0.25, -0.2) is 9.97 Å². The smallest absolute Gasteiger partial charge is 0.286 e. The molecule has 1 atom stereocenters. The van der Waals surface area contributed by atoms with Gasteiger partial charge in [0.15, 0.2) is 0 Å². The Morgan fingerprint density at radius 2 is 2.07 bits per heavy atom. The van der Waals surface area contributed by atoms with Crippen LogP contribution in [0.15, 0.2) is 36.5 Å². The fourth-order valence-corrected chi connectivity index (χ4v) is 3.72. The van der Waals surface area contributed by atoms with Gasteiger partial charge in [0.1, 0.15) is 5.82 Å². The van der Waals surface area contributed by atoms with Crippen LogP contribution in [0.25, 0.3) is 10.9 Å². The first-order valence-corrected chi connectivity index (χ1v) is 9.49. The molecule has 0 radical (unpaired) electrons. The maximum Gasteiger partial charge on any atom is 0.286 e. The van der Waals surface area contributed by atoms with Crippen molar-refractivity contribution in [3.05, 3.63) is 59.2 Å². The second kappa shape index (κ2) is 7.52. The molecule has 1 aromatic carbocycles. The Morgan fingerprint density at radius 3 is 2.89 bits per heavy atom. The van der Waals surface area contributed by atoms with Crippen LogP contribution in [0.3, 0.4) is 0 Å². The molecular formula is C21H24N6O. The van der Waals surface area contributed by atoms with E-state index in [9.17, 15) is 4.79 Å². The number of amides is 1. The Labute approximate surface area is 164 Å².